The molecular formula is C13H19N3. The Balaban J connectivity index is 1.78. The monoisotopic (exact) mass is 217 g/mol. The highest BCUT2D eigenvalue weighted by molar-refractivity contribution is 5.78. The summed E-state index contributed by atoms with van der Waals surface area (Å²) >= 11 is 0. The van der Waals surface area contributed by atoms with E-state index in [1.54, 1.807) is 0 Å². The molecule has 0 bridgehead atoms. The summed E-state index contributed by atoms with van der Waals surface area (Å²) in [5, 5.41) is 3.18. The van der Waals surface area contributed by atoms with Crippen molar-refractivity contribution in [3.05, 3.63) is 35.4 Å². The highest BCUT2D eigenvalue weighted by atomic mass is 15.1. The Morgan fingerprint density at radius 1 is 1.50 bits per heavy atom. The maximum atomic E-state index is 5.75. The van der Waals surface area contributed by atoms with Gasteiger partial charge in [0.15, 0.2) is 5.96 Å². The SMILES string of the molecule is Cc1cccc(CCN=C(N)NC2CC2)c1. The van der Waals surface area contributed by atoms with Crippen molar-refractivity contribution in [3.63, 3.8) is 0 Å². The molecule has 1 saturated carbocycles. The van der Waals surface area contributed by atoms with Crippen LogP contribution >= 0.6 is 0 Å². The van der Waals surface area contributed by atoms with E-state index in [0.29, 0.717) is 12.0 Å². The molecule has 1 fully saturated rings. The van der Waals surface area contributed by atoms with Crippen molar-refractivity contribution in [2.24, 2.45) is 10.7 Å². The standard InChI is InChI=1S/C13H19N3/c1-10-3-2-4-11(9-10)7-8-15-13(14)16-12-5-6-12/h2-4,9,12H,5-8H2,1H3,(H3,14,15,16). The molecule has 3 nitrogen and oxygen atoms in total. The first-order valence-corrected chi connectivity index (χ1v) is 5.86. The number of aliphatic imine (C=N–C) groups is 1. The molecule has 3 heteroatoms. The van der Waals surface area contributed by atoms with E-state index < -0.39 is 0 Å². The minimum atomic E-state index is 0.586. The zero-order valence-electron chi connectivity index (χ0n) is 9.74. The molecule has 0 radical (unpaired) electrons. The number of hydrogen-bond acceptors (Lipinski definition) is 1. The predicted molar refractivity (Wildman–Crippen MR) is 67.5 cm³/mol. The van der Waals surface area contributed by atoms with Crippen LogP contribution in [0.4, 0.5) is 0 Å². The first-order chi connectivity index (χ1) is 7.74. The Labute approximate surface area is 96.8 Å². The van der Waals surface area contributed by atoms with Crippen LogP contribution < -0.4 is 11.1 Å². The molecule has 0 spiro atoms. The van der Waals surface area contributed by atoms with Crippen molar-refractivity contribution in [1.82, 2.24) is 5.32 Å². The van der Waals surface area contributed by atoms with E-state index >= 15 is 0 Å². The van der Waals surface area contributed by atoms with Crippen molar-refractivity contribution < 1.29 is 0 Å². The second-order valence-corrected chi connectivity index (χ2v) is 4.42. The molecule has 0 aliphatic heterocycles. The van der Waals surface area contributed by atoms with Crippen molar-refractivity contribution in [2.45, 2.75) is 32.2 Å². The Kier molecular flexibility index (Phi) is 3.44. The Hall–Kier alpha value is -1.51. The molecule has 16 heavy (non-hydrogen) atoms. The molecule has 0 amide bonds. The summed E-state index contributed by atoms with van der Waals surface area (Å²) in [4.78, 5) is 4.31. The van der Waals surface area contributed by atoms with Crippen molar-refractivity contribution >= 4 is 5.96 Å². The second kappa shape index (κ2) is 5.01. The number of rotatable bonds is 4. The largest absolute Gasteiger partial charge is 0.370 e. The van der Waals surface area contributed by atoms with Crippen LogP contribution in [0.25, 0.3) is 0 Å². The Morgan fingerprint density at radius 2 is 2.31 bits per heavy atom. The molecule has 0 saturated heterocycles. The van der Waals surface area contributed by atoms with Gasteiger partial charge in [0.05, 0.1) is 0 Å². The smallest absolute Gasteiger partial charge is 0.188 e. The van der Waals surface area contributed by atoms with Gasteiger partial charge < -0.3 is 11.1 Å². The summed E-state index contributed by atoms with van der Waals surface area (Å²) in [5.74, 6) is 0.593. The third-order valence-electron chi connectivity index (χ3n) is 2.69. The third kappa shape index (κ3) is 3.57. The minimum Gasteiger partial charge on any atom is -0.370 e. The molecule has 1 aliphatic rings. The van der Waals surface area contributed by atoms with Crippen LogP contribution in [0.3, 0.4) is 0 Å². The zero-order valence-corrected chi connectivity index (χ0v) is 9.74. The Bertz CT molecular complexity index is 381. The molecule has 1 aromatic carbocycles. The molecule has 0 heterocycles. The Morgan fingerprint density at radius 3 is 3.00 bits per heavy atom. The average molecular weight is 217 g/mol. The van der Waals surface area contributed by atoms with Gasteiger partial charge in [-0.25, -0.2) is 0 Å². The second-order valence-electron chi connectivity index (χ2n) is 4.42. The van der Waals surface area contributed by atoms with E-state index in [0.717, 1.165) is 13.0 Å². The molecule has 0 unspecified atom stereocenters. The predicted octanol–water partition coefficient (Wildman–Crippen LogP) is 1.60. The number of benzene rings is 1. The molecule has 2 rings (SSSR count). The van der Waals surface area contributed by atoms with Gasteiger partial charge in [0.1, 0.15) is 0 Å². The minimum absolute atomic E-state index is 0.586. The van der Waals surface area contributed by atoms with E-state index in [1.165, 1.54) is 24.0 Å². The molecule has 1 aliphatic carbocycles. The van der Waals surface area contributed by atoms with Crippen LogP contribution in [0, 0.1) is 6.92 Å². The number of nitrogens with one attached hydrogen (secondary N) is 1. The highest BCUT2D eigenvalue weighted by Crippen LogP contribution is 2.17. The van der Waals surface area contributed by atoms with Gasteiger partial charge in [-0.05, 0) is 31.7 Å². The lowest BCUT2D eigenvalue weighted by atomic mass is 10.1. The van der Waals surface area contributed by atoms with Crippen LogP contribution in [-0.4, -0.2) is 18.5 Å². The van der Waals surface area contributed by atoms with E-state index in [1.807, 2.05) is 0 Å². The lowest BCUT2D eigenvalue weighted by Gasteiger charge is -2.03. The van der Waals surface area contributed by atoms with Gasteiger partial charge in [-0.1, -0.05) is 29.8 Å². The number of nitrogens with zero attached hydrogens (tertiary/aromatic N) is 1. The van der Waals surface area contributed by atoms with Crippen molar-refractivity contribution in [3.8, 4) is 0 Å². The van der Waals surface area contributed by atoms with Gasteiger partial charge in [0, 0.05) is 12.6 Å². The lowest BCUT2D eigenvalue weighted by Crippen LogP contribution is -2.33. The number of hydrogen-bond donors (Lipinski definition) is 2. The number of nitrogens with two attached hydrogens (primary N) is 1. The van der Waals surface area contributed by atoms with Gasteiger partial charge in [0.25, 0.3) is 0 Å². The summed E-state index contributed by atoms with van der Waals surface area (Å²) in [6.07, 6.45) is 3.41. The maximum Gasteiger partial charge on any atom is 0.188 e. The van der Waals surface area contributed by atoms with E-state index in [-0.39, 0.29) is 0 Å². The first-order valence-electron chi connectivity index (χ1n) is 5.86. The van der Waals surface area contributed by atoms with E-state index in [4.69, 9.17) is 5.73 Å². The molecule has 1 aromatic rings. The maximum absolute atomic E-state index is 5.75. The van der Waals surface area contributed by atoms with Gasteiger partial charge in [-0.15, -0.1) is 0 Å². The van der Waals surface area contributed by atoms with Crippen LogP contribution in [0.5, 0.6) is 0 Å². The summed E-state index contributed by atoms with van der Waals surface area (Å²) < 4.78 is 0. The van der Waals surface area contributed by atoms with Gasteiger partial charge in [-0.2, -0.15) is 0 Å². The lowest BCUT2D eigenvalue weighted by molar-refractivity contribution is 0.870. The van der Waals surface area contributed by atoms with E-state index in [9.17, 15) is 0 Å². The van der Waals surface area contributed by atoms with Gasteiger partial charge in [-0.3, -0.25) is 4.99 Å². The molecule has 3 N–H and O–H groups in total. The third-order valence-corrected chi connectivity index (χ3v) is 2.69. The summed E-state index contributed by atoms with van der Waals surface area (Å²) in [7, 11) is 0. The quantitative estimate of drug-likeness (QED) is 0.594. The summed E-state index contributed by atoms with van der Waals surface area (Å²) in [5.41, 5.74) is 8.37. The van der Waals surface area contributed by atoms with Gasteiger partial charge >= 0.3 is 0 Å². The fraction of sp³-hybridized carbons (Fsp3) is 0.462. The number of guanidine groups is 1. The van der Waals surface area contributed by atoms with Crippen molar-refractivity contribution in [1.29, 1.82) is 0 Å². The molecule has 0 aromatic heterocycles. The van der Waals surface area contributed by atoms with Crippen LogP contribution in [0.2, 0.25) is 0 Å². The molecule has 0 atom stereocenters. The average Bonchev–Trinajstić information content (AvgIpc) is 3.02. The topological polar surface area (TPSA) is 50.4 Å². The summed E-state index contributed by atoms with van der Waals surface area (Å²) in [6.45, 7) is 2.87. The molecule has 86 valence electrons. The number of aryl methyl sites for hydroxylation is 1. The van der Waals surface area contributed by atoms with Crippen LogP contribution in [0.15, 0.2) is 29.3 Å². The van der Waals surface area contributed by atoms with Crippen LogP contribution in [-0.2, 0) is 6.42 Å². The van der Waals surface area contributed by atoms with E-state index in [2.05, 4.69) is 41.5 Å². The zero-order chi connectivity index (χ0) is 11.4. The summed E-state index contributed by atoms with van der Waals surface area (Å²) in [6, 6.07) is 9.10. The van der Waals surface area contributed by atoms with Gasteiger partial charge in [0.2, 0.25) is 0 Å². The normalized spacial score (nSPS) is 16.2. The van der Waals surface area contributed by atoms with Crippen molar-refractivity contribution in [2.75, 3.05) is 6.54 Å². The fourth-order valence-electron chi connectivity index (χ4n) is 1.66. The molecular weight excluding hydrogens is 198 g/mol. The fourth-order valence-corrected chi connectivity index (χ4v) is 1.66. The van der Waals surface area contributed by atoms with Crippen LogP contribution in [0.1, 0.15) is 24.0 Å². The highest BCUT2D eigenvalue weighted by Gasteiger charge is 2.21. The first kappa shape index (κ1) is 11.0.